The Labute approximate surface area is 118 Å². The van der Waals surface area contributed by atoms with E-state index in [2.05, 4.69) is 0 Å². The van der Waals surface area contributed by atoms with E-state index in [1.807, 2.05) is 36.4 Å². The molecule has 0 saturated carbocycles. The van der Waals surface area contributed by atoms with E-state index in [-0.39, 0.29) is 12.4 Å². The van der Waals surface area contributed by atoms with Crippen molar-refractivity contribution in [2.75, 3.05) is 13.2 Å². The Balaban J connectivity index is 1.76. The highest BCUT2D eigenvalue weighted by molar-refractivity contribution is 5.97. The lowest BCUT2D eigenvalue weighted by Crippen LogP contribution is -2.10. The van der Waals surface area contributed by atoms with Gasteiger partial charge in [0.1, 0.15) is 6.61 Å². The predicted octanol–water partition coefficient (Wildman–Crippen LogP) is 3.00. The van der Waals surface area contributed by atoms with Crippen molar-refractivity contribution in [2.24, 2.45) is 0 Å². The van der Waals surface area contributed by atoms with Gasteiger partial charge in [0.25, 0.3) is 0 Å². The van der Waals surface area contributed by atoms with Crippen LogP contribution in [0.5, 0.6) is 0 Å². The van der Waals surface area contributed by atoms with Crippen LogP contribution in [-0.4, -0.2) is 19.0 Å². The van der Waals surface area contributed by atoms with Crippen molar-refractivity contribution < 1.29 is 9.53 Å². The van der Waals surface area contributed by atoms with E-state index < -0.39 is 0 Å². The highest BCUT2D eigenvalue weighted by Crippen LogP contribution is 2.05. The van der Waals surface area contributed by atoms with Crippen molar-refractivity contribution in [3.05, 3.63) is 71.3 Å². The Hall–Kier alpha value is -2.44. The Morgan fingerprint density at radius 3 is 2.40 bits per heavy atom. The summed E-state index contributed by atoms with van der Waals surface area (Å²) in [5.41, 5.74) is 2.31. The highest BCUT2D eigenvalue weighted by Gasteiger charge is 2.05. The van der Waals surface area contributed by atoms with Crippen LogP contribution < -0.4 is 0 Å². The minimum atomic E-state index is -0.0671. The molecule has 2 aromatic rings. The maximum atomic E-state index is 11.8. The van der Waals surface area contributed by atoms with Crippen molar-refractivity contribution in [3.63, 3.8) is 0 Å². The lowest BCUT2D eigenvalue weighted by atomic mass is 10.1. The fourth-order valence-electron chi connectivity index (χ4n) is 1.81. The van der Waals surface area contributed by atoms with Crippen LogP contribution in [0, 0.1) is 11.3 Å². The number of hydrogen-bond acceptors (Lipinski definition) is 3. The number of ether oxygens (including phenoxy) is 1. The zero-order valence-electron chi connectivity index (χ0n) is 11.1. The van der Waals surface area contributed by atoms with E-state index >= 15 is 0 Å². The molecule has 0 heterocycles. The quantitative estimate of drug-likeness (QED) is 0.596. The molecule has 0 aliphatic rings. The van der Waals surface area contributed by atoms with E-state index in [4.69, 9.17) is 10.00 Å². The maximum Gasteiger partial charge on any atom is 0.188 e. The van der Waals surface area contributed by atoms with Crippen LogP contribution in [0.4, 0.5) is 0 Å². The summed E-state index contributed by atoms with van der Waals surface area (Å²) < 4.78 is 5.40. The summed E-state index contributed by atoms with van der Waals surface area (Å²) in [5, 5.41) is 8.69. The number of ketones is 1. The average Bonchev–Trinajstić information content (AvgIpc) is 2.52. The maximum absolute atomic E-state index is 11.8. The van der Waals surface area contributed by atoms with Crippen LogP contribution in [0.2, 0.25) is 0 Å². The summed E-state index contributed by atoms with van der Waals surface area (Å²) in [6, 6.07) is 18.6. The van der Waals surface area contributed by atoms with E-state index in [1.165, 1.54) is 5.56 Å². The van der Waals surface area contributed by atoms with Crippen molar-refractivity contribution in [1.82, 2.24) is 0 Å². The molecule has 0 amide bonds. The van der Waals surface area contributed by atoms with Gasteiger partial charge in [0.15, 0.2) is 5.78 Å². The van der Waals surface area contributed by atoms with Gasteiger partial charge in [0, 0.05) is 5.56 Å². The Morgan fingerprint density at radius 2 is 1.75 bits per heavy atom. The zero-order chi connectivity index (χ0) is 14.2. The Morgan fingerprint density at radius 1 is 1.05 bits per heavy atom. The molecule has 100 valence electrons. The average molecular weight is 265 g/mol. The van der Waals surface area contributed by atoms with Gasteiger partial charge in [-0.15, -0.1) is 0 Å². The second-order valence-corrected chi connectivity index (χ2v) is 4.40. The van der Waals surface area contributed by atoms with Crippen molar-refractivity contribution in [3.8, 4) is 6.07 Å². The molecule has 0 spiro atoms. The lowest BCUT2D eigenvalue weighted by Gasteiger charge is -2.04. The second-order valence-electron chi connectivity index (χ2n) is 4.40. The third-order valence-electron chi connectivity index (χ3n) is 2.95. The van der Waals surface area contributed by atoms with Crippen LogP contribution in [0.3, 0.4) is 0 Å². The SMILES string of the molecule is N#Cc1ccc(C(=O)COCCc2ccccc2)cc1. The fourth-order valence-corrected chi connectivity index (χ4v) is 1.81. The minimum Gasteiger partial charge on any atom is -0.373 e. The molecule has 3 nitrogen and oxygen atoms in total. The topological polar surface area (TPSA) is 50.1 Å². The second kappa shape index (κ2) is 7.22. The van der Waals surface area contributed by atoms with Crippen molar-refractivity contribution >= 4 is 5.78 Å². The number of Topliss-reactive ketones (excluding diaryl/α,β-unsaturated/α-hetero) is 1. The standard InChI is InChI=1S/C17H15NO2/c18-12-15-6-8-16(9-7-15)17(19)13-20-11-10-14-4-2-1-3-5-14/h1-9H,10-11,13H2. The normalized spacial score (nSPS) is 9.95. The van der Waals surface area contributed by atoms with Crippen LogP contribution in [0.15, 0.2) is 54.6 Å². The zero-order valence-corrected chi connectivity index (χ0v) is 11.1. The van der Waals surface area contributed by atoms with Gasteiger partial charge in [-0.05, 0) is 24.1 Å². The third kappa shape index (κ3) is 4.04. The van der Waals surface area contributed by atoms with Gasteiger partial charge in [0.05, 0.1) is 18.2 Å². The van der Waals surface area contributed by atoms with E-state index in [1.54, 1.807) is 24.3 Å². The van der Waals surface area contributed by atoms with Crippen molar-refractivity contribution in [1.29, 1.82) is 5.26 Å². The van der Waals surface area contributed by atoms with Gasteiger partial charge >= 0.3 is 0 Å². The molecule has 0 bridgehead atoms. The fraction of sp³-hybridized carbons (Fsp3) is 0.176. The first-order chi connectivity index (χ1) is 9.79. The first-order valence-electron chi connectivity index (χ1n) is 6.44. The minimum absolute atomic E-state index is 0.0671. The molecule has 0 aliphatic heterocycles. The molecule has 0 saturated heterocycles. The number of nitriles is 1. The summed E-state index contributed by atoms with van der Waals surface area (Å²) in [7, 11) is 0. The van der Waals surface area contributed by atoms with Crippen LogP contribution in [-0.2, 0) is 11.2 Å². The molecule has 0 fully saturated rings. The third-order valence-corrected chi connectivity index (χ3v) is 2.95. The largest absolute Gasteiger partial charge is 0.373 e. The number of rotatable bonds is 6. The molecular weight excluding hydrogens is 250 g/mol. The Kier molecular flexibility index (Phi) is 5.05. The summed E-state index contributed by atoms with van der Waals surface area (Å²) in [6.45, 7) is 0.588. The van der Waals surface area contributed by atoms with Crippen LogP contribution >= 0.6 is 0 Å². The first kappa shape index (κ1) is 14.0. The molecule has 0 radical (unpaired) electrons. The summed E-state index contributed by atoms with van der Waals surface area (Å²) in [6.07, 6.45) is 0.793. The first-order valence-corrected chi connectivity index (χ1v) is 6.44. The monoisotopic (exact) mass is 265 g/mol. The molecule has 20 heavy (non-hydrogen) atoms. The molecular formula is C17H15NO2. The molecule has 2 aromatic carbocycles. The van der Waals surface area contributed by atoms with E-state index in [0.717, 1.165) is 6.42 Å². The van der Waals surface area contributed by atoms with E-state index in [0.29, 0.717) is 17.7 Å². The van der Waals surface area contributed by atoms with Gasteiger partial charge in [0.2, 0.25) is 0 Å². The van der Waals surface area contributed by atoms with Gasteiger partial charge in [-0.3, -0.25) is 4.79 Å². The van der Waals surface area contributed by atoms with Crippen molar-refractivity contribution in [2.45, 2.75) is 6.42 Å². The van der Waals surface area contributed by atoms with Gasteiger partial charge in [-0.25, -0.2) is 0 Å². The number of carbonyl (C=O) groups excluding carboxylic acids is 1. The number of benzene rings is 2. The summed E-state index contributed by atoms with van der Waals surface area (Å²) in [5.74, 6) is -0.0671. The summed E-state index contributed by atoms with van der Waals surface area (Å²) in [4.78, 5) is 11.8. The lowest BCUT2D eigenvalue weighted by molar-refractivity contribution is 0.0765. The van der Waals surface area contributed by atoms with Crippen LogP contribution in [0.1, 0.15) is 21.5 Å². The van der Waals surface area contributed by atoms with E-state index in [9.17, 15) is 4.79 Å². The van der Waals surface area contributed by atoms with Crippen LogP contribution in [0.25, 0.3) is 0 Å². The van der Waals surface area contributed by atoms with Gasteiger partial charge < -0.3 is 4.74 Å². The summed E-state index contributed by atoms with van der Waals surface area (Å²) >= 11 is 0. The number of carbonyl (C=O) groups is 1. The predicted molar refractivity (Wildman–Crippen MR) is 76.5 cm³/mol. The number of hydrogen-bond donors (Lipinski definition) is 0. The molecule has 0 aliphatic carbocycles. The molecule has 0 unspecified atom stereocenters. The molecule has 3 heteroatoms. The molecule has 0 N–H and O–H groups in total. The highest BCUT2D eigenvalue weighted by atomic mass is 16.5. The Bertz CT molecular complexity index is 597. The number of nitrogens with zero attached hydrogens (tertiary/aromatic N) is 1. The van der Waals surface area contributed by atoms with Gasteiger partial charge in [-0.2, -0.15) is 5.26 Å². The molecule has 2 rings (SSSR count). The molecule has 0 atom stereocenters. The smallest absolute Gasteiger partial charge is 0.188 e. The van der Waals surface area contributed by atoms with Gasteiger partial charge in [-0.1, -0.05) is 42.5 Å². The molecule has 0 aromatic heterocycles.